The molecule has 0 radical (unpaired) electrons. The van der Waals surface area contributed by atoms with Gasteiger partial charge >= 0.3 is 0 Å². The van der Waals surface area contributed by atoms with Crippen LogP contribution in [-0.2, 0) is 0 Å². The maximum Gasteiger partial charge on any atom is 0.0101 e. The Morgan fingerprint density at radius 2 is 1.36 bits per heavy atom. The normalized spacial score (nSPS) is 12.0. The van der Waals surface area contributed by atoms with E-state index in [0.29, 0.717) is 4.75 Å². The van der Waals surface area contributed by atoms with E-state index in [-0.39, 0.29) is 0 Å². The molecule has 0 unspecified atom stereocenters. The van der Waals surface area contributed by atoms with Crippen LogP contribution in [0.5, 0.6) is 0 Å². The summed E-state index contributed by atoms with van der Waals surface area (Å²) in [5, 5.41) is 0. The largest absolute Gasteiger partial charge is 0.173 e. The molecule has 0 saturated carbocycles. The van der Waals surface area contributed by atoms with Gasteiger partial charge < -0.3 is 0 Å². The minimum Gasteiger partial charge on any atom is -0.173 e. The summed E-state index contributed by atoms with van der Waals surface area (Å²) in [4.78, 5) is 0. The Kier molecular flexibility index (Phi) is 6.12. The second-order valence-electron chi connectivity index (χ2n) is 3.70. The molecule has 0 aliphatic carbocycles. The third kappa shape index (κ3) is 6.74. The van der Waals surface area contributed by atoms with Crippen molar-refractivity contribution in [1.29, 1.82) is 0 Å². The van der Waals surface area contributed by atoms with Crippen molar-refractivity contribution in [2.24, 2.45) is 0 Å². The highest BCUT2D eigenvalue weighted by molar-refractivity contribution is 7.81. The molecule has 0 aliphatic rings. The van der Waals surface area contributed by atoms with Gasteiger partial charge in [0.25, 0.3) is 0 Å². The van der Waals surface area contributed by atoms with Gasteiger partial charge in [0, 0.05) is 4.75 Å². The Hall–Kier alpha value is 0.350. The lowest BCUT2D eigenvalue weighted by Crippen LogP contribution is -2.15. The fourth-order valence-electron chi connectivity index (χ4n) is 1.24. The lowest BCUT2D eigenvalue weighted by Gasteiger charge is -2.22. The molecule has 11 heavy (non-hydrogen) atoms. The zero-order valence-corrected chi connectivity index (χ0v) is 9.08. The second kappa shape index (κ2) is 5.93. The van der Waals surface area contributed by atoms with Gasteiger partial charge in [0.2, 0.25) is 0 Å². The van der Waals surface area contributed by atoms with Crippen LogP contribution in [0.15, 0.2) is 0 Å². The fraction of sp³-hybridized carbons (Fsp3) is 1.00. The van der Waals surface area contributed by atoms with E-state index in [1.165, 1.54) is 38.5 Å². The van der Waals surface area contributed by atoms with E-state index < -0.39 is 0 Å². The first kappa shape index (κ1) is 11.4. The maximum atomic E-state index is 4.65. The van der Waals surface area contributed by atoms with Crippen molar-refractivity contribution in [2.45, 2.75) is 64.0 Å². The number of rotatable bonds is 6. The predicted molar refractivity (Wildman–Crippen MR) is 56.4 cm³/mol. The van der Waals surface area contributed by atoms with Gasteiger partial charge in [0.15, 0.2) is 0 Å². The highest BCUT2D eigenvalue weighted by Gasteiger charge is 2.16. The molecule has 0 nitrogen and oxygen atoms in total. The van der Waals surface area contributed by atoms with Crippen molar-refractivity contribution in [3.8, 4) is 0 Å². The molecular formula is C10H22S. The minimum atomic E-state index is 0.298. The van der Waals surface area contributed by atoms with E-state index in [4.69, 9.17) is 0 Å². The topological polar surface area (TPSA) is 0 Å². The zero-order chi connectivity index (χ0) is 8.74. The van der Waals surface area contributed by atoms with Crippen LogP contribution in [0.25, 0.3) is 0 Å². The van der Waals surface area contributed by atoms with Crippen LogP contribution in [0.1, 0.15) is 59.3 Å². The van der Waals surface area contributed by atoms with Gasteiger partial charge in [-0.1, -0.05) is 46.5 Å². The summed E-state index contributed by atoms with van der Waals surface area (Å²) in [5.41, 5.74) is 0. The Morgan fingerprint density at radius 3 is 1.64 bits per heavy atom. The summed E-state index contributed by atoms with van der Waals surface area (Å²) in [6, 6.07) is 0. The molecule has 0 atom stereocenters. The van der Waals surface area contributed by atoms with Gasteiger partial charge in [-0.3, -0.25) is 0 Å². The SMILES string of the molecule is CCCCC(C)(S)CCCC. The summed E-state index contributed by atoms with van der Waals surface area (Å²) in [7, 11) is 0. The van der Waals surface area contributed by atoms with Crippen molar-refractivity contribution in [1.82, 2.24) is 0 Å². The molecule has 0 aliphatic heterocycles. The van der Waals surface area contributed by atoms with Crippen molar-refractivity contribution in [2.75, 3.05) is 0 Å². The van der Waals surface area contributed by atoms with Crippen molar-refractivity contribution >= 4 is 12.6 Å². The van der Waals surface area contributed by atoms with Crippen LogP contribution in [0, 0.1) is 0 Å². The molecule has 0 spiro atoms. The van der Waals surface area contributed by atoms with E-state index in [1.54, 1.807) is 0 Å². The van der Waals surface area contributed by atoms with Crippen LogP contribution in [0.2, 0.25) is 0 Å². The zero-order valence-electron chi connectivity index (χ0n) is 8.19. The number of thiol groups is 1. The first-order chi connectivity index (χ1) is 5.12. The van der Waals surface area contributed by atoms with Crippen LogP contribution in [0.4, 0.5) is 0 Å². The van der Waals surface area contributed by atoms with Gasteiger partial charge in [0.1, 0.15) is 0 Å². The molecule has 0 aromatic rings. The van der Waals surface area contributed by atoms with Crippen molar-refractivity contribution in [3.63, 3.8) is 0 Å². The van der Waals surface area contributed by atoms with Crippen LogP contribution < -0.4 is 0 Å². The molecule has 0 N–H and O–H groups in total. The molecule has 0 saturated heterocycles. The number of hydrogen-bond donors (Lipinski definition) is 1. The third-order valence-corrected chi connectivity index (χ3v) is 2.59. The van der Waals surface area contributed by atoms with Gasteiger partial charge in [-0.2, -0.15) is 12.6 Å². The molecule has 0 aromatic heterocycles. The van der Waals surface area contributed by atoms with E-state index in [2.05, 4.69) is 33.4 Å². The number of hydrogen-bond acceptors (Lipinski definition) is 1. The van der Waals surface area contributed by atoms with Crippen molar-refractivity contribution < 1.29 is 0 Å². The summed E-state index contributed by atoms with van der Waals surface area (Å²) in [6.45, 7) is 6.74. The molecule has 0 rings (SSSR count). The molecule has 0 amide bonds. The molecule has 0 aromatic carbocycles. The first-order valence-corrected chi connectivity index (χ1v) is 5.29. The molecule has 68 valence electrons. The summed E-state index contributed by atoms with van der Waals surface area (Å²) in [6.07, 6.45) is 7.78. The molecular weight excluding hydrogens is 152 g/mol. The second-order valence-corrected chi connectivity index (χ2v) is 4.78. The monoisotopic (exact) mass is 174 g/mol. The minimum absolute atomic E-state index is 0.298. The highest BCUT2D eigenvalue weighted by atomic mass is 32.1. The lowest BCUT2D eigenvalue weighted by atomic mass is 9.97. The summed E-state index contributed by atoms with van der Waals surface area (Å²) >= 11 is 4.65. The molecule has 0 heterocycles. The summed E-state index contributed by atoms with van der Waals surface area (Å²) < 4.78 is 0.298. The quantitative estimate of drug-likeness (QED) is 0.577. The fourth-order valence-corrected chi connectivity index (χ4v) is 1.56. The van der Waals surface area contributed by atoms with E-state index in [0.717, 1.165) is 0 Å². The number of unbranched alkanes of at least 4 members (excludes halogenated alkanes) is 2. The van der Waals surface area contributed by atoms with Gasteiger partial charge in [-0.15, -0.1) is 0 Å². The van der Waals surface area contributed by atoms with Gasteiger partial charge in [0.05, 0.1) is 0 Å². The molecule has 1 heteroatoms. The Bertz CT molecular complexity index is 76.9. The molecule has 0 fully saturated rings. The van der Waals surface area contributed by atoms with Crippen LogP contribution >= 0.6 is 12.6 Å². The Labute approximate surface area is 77.2 Å². The Balaban J connectivity index is 3.43. The van der Waals surface area contributed by atoms with Gasteiger partial charge in [-0.05, 0) is 12.8 Å². The Morgan fingerprint density at radius 1 is 1.00 bits per heavy atom. The highest BCUT2D eigenvalue weighted by Crippen LogP contribution is 2.27. The maximum absolute atomic E-state index is 4.65. The average molecular weight is 174 g/mol. The summed E-state index contributed by atoms with van der Waals surface area (Å²) in [5.74, 6) is 0. The standard InChI is InChI=1S/C10H22S/c1-4-6-8-10(3,11)9-7-5-2/h11H,4-9H2,1-3H3. The van der Waals surface area contributed by atoms with Gasteiger partial charge in [-0.25, -0.2) is 0 Å². The van der Waals surface area contributed by atoms with E-state index in [1.807, 2.05) is 0 Å². The van der Waals surface area contributed by atoms with Crippen LogP contribution in [-0.4, -0.2) is 4.75 Å². The average Bonchev–Trinajstić information content (AvgIpc) is 1.97. The smallest absolute Gasteiger partial charge is 0.0101 e. The third-order valence-electron chi connectivity index (χ3n) is 2.14. The van der Waals surface area contributed by atoms with Crippen molar-refractivity contribution in [3.05, 3.63) is 0 Å². The predicted octanol–water partition coefficient (Wildman–Crippen LogP) is 4.06. The lowest BCUT2D eigenvalue weighted by molar-refractivity contribution is 0.501. The van der Waals surface area contributed by atoms with E-state index >= 15 is 0 Å². The first-order valence-electron chi connectivity index (χ1n) is 4.84. The van der Waals surface area contributed by atoms with Crippen LogP contribution in [0.3, 0.4) is 0 Å². The van der Waals surface area contributed by atoms with E-state index in [9.17, 15) is 0 Å². The molecule has 0 bridgehead atoms.